The van der Waals surface area contributed by atoms with Gasteiger partial charge in [0.25, 0.3) is 0 Å². The first-order valence-corrected chi connectivity index (χ1v) is 20.7. The van der Waals surface area contributed by atoms with Crippen molar-refractivity contribution in [3.8, 4) is 0 Å². The molecule has 332 valence electrons. The first-order chi connectivity index (χ1) is 28.4. The van der Waals surface area contributed by atoms with E-state index in [0.29, 0.717) is 0 Å². The van der Waals surface area contributed by atoms with Crippen LogP contribution in [0.3, 0.4) is 0 Å². The average molecular weight is 863 g/mol. The van der Waals surface area contributed by atoms with Crippen LogP contribution in [0.1, 0.15) is 90.5 Å². The smallest absolute Gasteiger partial charge is 0.327 e. The van der Waals surface area contributed by atoms with Crippen molar-refractivity contribution in [1.82, 2.24) is 31.5 Å². The highest BCUT2D eigenvalue weighted by atomic mass is 32.1. The Morgan fingerprint density at radius 2 is 1.40 bits per heavy atom. The van der Waals surface area contributed by atoms with Gasteiger partial charge in [-0.2, -0.15) is 12.6 Å². The number of hydrogen-bond donors (Lipinski definition) is 9. The quantitative estimate of drug-likeness (QED) is 0.0683. The summed E-state index contributed by atoms with van der Waals surface area (Å²) < 4.78 is 6.10. The molecule has 0 aromatic heterocycles. The lowest BCUT2D eigenvalue weighted by molar-refractivity contribution is -0.145. The highest BCUT2D eigenvalue weighted by Crippen LogP contribution is 2.28. The number of nitrogens with zero attached hydrogens (tertiary/aromatic N) is 1. The average Bonchev–Trinajstić information content (AvgIpc) is 3.63. The van der Waals surface area contributed by atoms with E-state index in [9.17, 15) is 58.5 Å². The second kappa shape index (κ2) is 24.1. The highest BCUT2D eigenvalue weighted by molar-refractivity contribution is 7.80. The molecule has 0 spiro atoms. The molecule has 6 amide bonds. The van der Waals surface area contributed by atoms with Gasteiger partial charge in [-0.05, 0) is 30.2 Å². The lowest BCUT2D eigenvalue weighted by Gasteiger charge is -2.33. The molecular formula is C40H58N6O13S. The topological polar surface area (TPSA) is 287 Å². The predicted molar refractivity (Wildman–Crippen MR) is 217 cm³/mol. The number of carboxylic acids is 3. The number of benzene rings is 1. The third kappa shape index (κ3) is 15.7. The summed E-state index contributed by atoms with van der Waals surface area (Å²) in [5.41, 5.74) is 0.847. The van der Waals surface area contributed by atoms with E-state index in [1.54, 1.807) is 13.8 Å². The summed E-state index contributed by atoms with van der Waals surface area (Å²) in [5.74, 6) is -9.72. The molecule has 8 N–H and O–H groups in total. The largest absolute Gasteiger partial charge is 0.481 e. The number of likely N-dealkylation sites (tertiary alicyclic amines) is 1. The van der Waals surface area contributed by atoms with E-state index in [2.05, 4.69) is 39.2 Å². The summed E-state index contributed by atoms with van der Waals surface area (Å²) >= 11 is 4.03. The minimum Gasteiger partial charge on any atom is -0.481 e. The van der Waals surface area contributed by atoms with E-state index >= 15 is 0 Å². The maximum Gasteiger partial charge on any atom is 0.327 e. The zero-order chi connectivity index (χ0) is 44.5. The molecule has 3 rings (SSSR count). The van der Waals surface area contributed by atoms with Gasteiger partial charge in [-0.25, -0.2) is 4.79 Å². The molecule has 1 aliphatic heterocycles. The van der Waals surface area contributed by atoms with Crippen molar-refractivity contribution in [3.63, 3.8) is 0 Å². The fraction of sp³-hybridized carbons (Fsp3) is 0.625. The third-order valence-corrected chi connectivity index (χ3v) is 10.8. The lowest BCUT2D eigenvalue weighted by atomic mass is 9.84. The van der Waals surface area contributed by atoms with Crippen LogP contribution in [0.4, 0.5) is 0 Å². The molecule has 7 atom stereocenters. The van der Waals surface area contributed by atoms with E-state index in [-0.39, 0.29) is 37.7 Å². The van der Waals surface area contributed by atoms with E-state index in [1.807, 2.05) is 30.3 Å². The van der Waals surface area contributed by atoms with Crippen LogP contribution in [-0.4, -0.2) is 128 Å². The molecule has 1 saturated heterocycles. The number of nitrogens with one attached hydrogen (secondary N) is 5. The summed E-state index contributed by atoms with van der Waals surface area (Å²) in [6.07, 6.45) is 1.91. The Labute approximate surface area is 353 Å². The number of rotatable bonds is 23. The van der Waals surface area contributed by atoms with Crippen molar-refractivity contribution in [3.05, 3.63) is 35.9 Å². The van der Waals surface area contributed by atoms with Gasteiger partial charge in [-0.3, -0.25) is 38.4 Å². The van der Waals surface area contributed by atoms with Crippen LogP contribution < -0.4 is 26.6 Å². The Kier molecular flexibility index (Phi) is 19.8. The van der Waals surface area contributed by atoms with Gasteiger partial charge in [-0.1, -0.05) is 76.3 Å². The molecular weight excluding hydrogens is 805 g/mol. The predicted octanol–water partition coefficient (Wildman–Crippen LogP) is 0.597. The number of hydrogen-bond acceptors (Lipinski definition) is 11. The number of thiol groups is 1. The van der Waals surface area contributed by atoms with Crippen LogP contribution in [0.15, 0.2) is 30.3 Å². The molecule has 1 saturated carbocycles. The number of carboxylic acid groups (broad SMARTS) is 3. The first kappa shape index (κ1) is 49.1. The Bertz CT molecular complexity index is 1680. The maximum atomic E-state index is 14.5. The van der Waals surface area contributed by atoms with Gasteiger partial charge in [0.05, 0.1) is 19.1 Å². The molecule has 1 heterocycles. The van der Waals surface area contributed by atoms with Gasteiger partial charge >= 0.3 is 17.9 Å². The molecule has 1 aromatic rings. The maximum absolute atomic E-state index is 14.5. The van der Waals surface area contributed by atoms with Crippen LogP contribution in [0.5, 0.6) is 0 Å². The molecule has 19 nitrogen and oxygen atoms in total. The second-order valence-electron chi connectivity index (χ2n) is 15.6. The van der Waals surface area contributed by atoms with Crippen molar-refractivity contribution in [2.24, 2.45) is 11.8 Å². The van der Waals surface area contributed by atoms with Crippen LogP contribution in [0.2, 0.25) is 0 Å². The number of carbonyl (C=O) groups is 9. The fourth-order valence-corrected chi connectivity index (χ4v) is 7.54. The summed E-state index contributed by atoms with van der Waals surface area (Å²) in [4.78, 5) is 117. The van der Waals surface area contributed by atoms with Crippen molar-refractivity contribution in [2.45, 2.75) is 134 Å². The molecule has 1 aromatic carbocycles. The number of carbonyl (C=O) groups excluding carboxylic acids is 6. The van der Waals surface area contributed by atoms with Gasteiger partial charge in [0.15, 0.2) is 0 Å². The Morgan fingerprint density at radius 3 is 1.97 bits per heavy atom. The van der Waals surface area contributed by atoms with Gasteiger partial charge < -0.3 is 51.5 Å². The van der Waals surface area contributed by atoms with Crippen molar-refractivity contribution < 1.29 is 63.2 Å². The van der Waals surface area contributed by atoms with Crippen LogP contribution in [0.25, 0.3) is 0 Å². The van der Waals surface area contributed by atoms with E-state index in [0.717, 1.165) is 44.6 Å². The Balaban J connectivity index is 1.90. The standard InChI is InChI=1S/C40H58N6O13S/c1-22(2)34(39(56)46-19-26(59-20-25-12-8-5-9-13-25)17-31(46)38(55)44-30(21-60)40(57)58)45-37(54)28(16-24-10-6-4-7-11-24)43-35(52)27(14-15-32(48)49)42-36(53)29(18-33(50)51)41-23(3)47/h5,8-9,12-13,22,24,26-31,34,60H,4,6-7,10-11,14-21H2,1-3H3,(H,41,47)(H,42,53)(H,43,52)(H,44,55)(H,45,54)(H,48,49)(H,50,51)(H,57,58)/t26-,27+,28+,29+,30+,31+,34+/m1/s1. The number of amides is 6. The van der Waals surface area contributed by atoms with Crippen molar-refractivity contribution in [2.75, 3.05) is 12.3 Å². The summed E-state index contributed by atoms with van der Waals surface area (Å²) in [5, 5.41) is 40.6. The summed E-state index contributed by atoms with van der Waals surface area (Å²) in [7, 11) is 0. The van der Waals surface area contributed by atoms with Gasteiger partial charge in [-0.15, -0.1) is 0 Å². The first-order valence-electron chi connectivity index (χ1n) is 20.1. The zero-order valence-electron chi connectivity index (χ0n) is 34.1. The third-order valence-electron chi connectivity index (χ3n) is 10.5. The molecule has 0 unspecified atom stereocenters. The molecule has 0 bridgehead atoms. The Hall–Kier alpha value is -5.24. The molecule has 2 fully saturated rings. The SMILES string of the molecule is CC(=O)N[C@@H](CC(=O)O)C(=O)N[C@@H](CCC(=O)O)C(=O)N[C@@H](CC1CCCCC1)C(=O)N[C@H](C(=O)N1C[C@H](OCc2ccccc2)C[C@H]1C(=O)N[C@@H](CS)C(=O)O)C(C)C. The van der Waals surface area contributed by atoms with Gasteiger partial charge in [0, 0.05) is 32.1 Å². The zero-order valence-corrected chi connectivity index (χ0v) is 35.0. The van der Waals surface area contributed by atoms with Crippen molar-refractivity contribution in [1.29, 1.82) is 0 Å². The minimum atomic E-state index is -1.59. The second-order valence-corrected chi connectivity index (χ2v) is 16.0. The molecule has 2 aliphatic rings. The van der Waals surface area contributed by atoms with Crippen LogP contribution >= 0.6 is 12.6 Å². The number of aliphatic carboxylic acids is 3. The minimum absolute atomic E-state index is 0.0158. The number of ether oxygens (including phenoxy) is 1. The lowest BCUT2D eigenvalue weighted by Crippen LogP contribution is -2.60. The van der Waals surface area contributed by atoms with Gasteiger partial charge in [0.1, 0.15) is 36.3 Å². The van der Waals surface area contributed by atoms with Gasteiger partial charge in [0.2, 0.25) is 35.4 Å². The van der Waals surface area contributed by atoms with Crippen LogP contribution in [-0.2, 0) is 54.5 Å². The summed E-state index contributed by atoms with van der Waals surface area (Å²) in [6, 6.07) is 1.02. The monoisotopic (exact) mass is 862 g/mol. The summed E-state index contributed by atoms with van der Waals surface area (Å²) in [6.45, 7) is 4.53. The molecule has 20 heteroatoms. The highest BCUT2D eigenvalue weighted by Gasteiger charge is 2.44. The molecule has 0 radical (unpaired) electrons. The van der Waals surface area contributed by atoms with E-state index in [4.69, 9.17) is 4.74 Å². The van der Waals surface area contributed by atoms with Crippen molar-refractivity contribution >= 4 is 66.0 Å². The fourth-order valence-electron chi connectivity index (χ4n) is 7.30. The normalized spacial score (nSPS) is 19.2. The van der Waals surface area contributed by atoms with E-state index < -0.39 is 121 Å². The Morgan fingerprint density at radius 1 is 0.783 bits per heavy atom. The van der Waals surface area contributed by atoms with E-state index in [1.165, 1.54) is 4.90 Å². The molecule has 1 aliphatic carbocycles. The molecule has 60 heavy (non-hydrogen) atoms. The van der Waals surface area contributed by atoms with Crippen LogP contribution in [0, 0.1) is 11.8 Å².